The van der Waals surface area contributed by atoms with Crippen LogP contribution in [-0.2, 0) is 9.47 Å². The largest absolute Gasteiger partial charge is 0.381 e. The molecule has 2 saturated heterocycles. The summed E-state index contributed by atoms with van der Waals surface area (Å²) in [6.45, 7) is 5.66. The minimum absolute atomic E-state index is 0.0714. The summed E-state index contributed by atoms with van der Waals surface area (Å²) in [7, 11) is 0. The Morgan fingerprint density at radius 1 is 1.12 bits per heavy atom. The topological polar surface area (TPSA) is 65.7 Å². The first-order valence-electron chi connectivity index (χ1n) is 11.5. The molecule has 2 aliphatic rings. The van der Waals surface area contributed by atoms with E-state index in [2.05, 4.69) is 4.98 Å². The highest BCUT2D eigenvalue weighted by Crippen LogP contribution is 2.34. The zero-order valence-electron chi connectivity index (χ0n) is 18.8. The highest BCUT2D eigenvalue weighted by Gasteiger charge is 2.30. The highest BCUT2D eigenvalue weighted by molar-refractivity contribution is 5.61. The van der Waals surface area contributed by atoms with Crippen molar-refractivity contribution < 1.29 is 18.3 Å². The van der Waals surface area contributed by atoms with Crippen LogP contribution < -0.4 is 5.56 Å². The Hall–Kier alpha value is -2.71. The van der Waals surface area contributed by atoms with E-state index in [1.54, 1.807) is 13.8 Å². The van der Waals surface area contributed by atoms with Gasteiger partial charge in [-0.05, 0) is 57.6 Å². The average molecular weight is 456 g/mol. The van der Waals surface area contributed by atoms with Crippen LogP contribution >= 0.6 is 0 Å². The van der Waals surface area contributed by atoms with Crippen molar-refractivity contribution >= 4 is 5.65 Å². The Balaban J connectivity index is 1.59. The van der Waals surface area contributed by atoms with Gasteiger partial charge in [0.2, 0.25) is 0 Å². The van der Waals surface area contributed by atoms with Crippen molar-refractivity contribution in [3.05, 3.63) is 63.2 Å². The molecule has 0 saturated carbocycles. The van der Waals surface area contributed by atoms with E-state index in [-0.39, 0.29) is 29.0 Å². The lowest BCUT2D eigenvalue weighted by atomic mass is 9.88. The standard InChI is InChI=1S/C25H27F2N3O3/c1-14-15(2)28-23-12-22(17-6-8-33-19(10-17)9-16-5-7-32-13-16)29-24(30(23)25(14)31)20-4-3-18(26)11-21(20)27/h3-4,11-12,16-17,19H,5-10,13H2,1-2H3/t16-,17-,19?/m1/s1. The van der Waals surface area contributed by atoms with Crippen LogP contribution in [0.5, 0.6) is 0 Å². The van der Waals surface area contributed by atoms with E-state index in [4.69, 9.17) is 14.5 Å². The summed E-state index contributed by atoms with van der Waals surface area (Å²) in [5, 5.41) is 0. The Morgan fingerprint density at radius 2 is 1.97 bits per heavy atom. The van der Waals surface area contributed by atoms with E-state index < -0.39 is 11.6 Å². The molecule has 0 aliphatic carbocycles. The first kappa shape index (κ1) is 22.1. The molecule has 0 bridgehead atoms. The lowest BCUT2D eigenvalue weighted by Gasteiger charge is -2.31. The van der Waals surface area contributed by atoms with Gasteiger partial charge in [-0.1, -0.05) is 0 Å². The summed E-state index contributed by atoms with van der Waals surface area (Å²) in [6.07, 6.45) is 3.67. The lowest BCUT2D eigenvalue weighted by Crippen LogP contribution is -2.28. The van der Waals surface area contributed by atoms with Crippen LogP contribution in [0.15, 0.2) is 29.1 Å². The second kappa shape index (κ2) is 8.91. The third-order valence-electron chi connectivity index (χ3n) is 6.88. The van der Waals surface area contributed by atoms with Crippen molar-refractivity contribution in [1.82, 2.24) is 14.4 Å². The number of hydrogen-bond donors (Lipinski definition) is 0. The molecule has 6 nitrogen and oxygen atoms in total. The van der Waals surface area contributed by atoms with Gasteiger partial charge >= 0.3 is 0 Å². The fourth-order valence-corrected chi connectivity index (χ4v) is 4.89. The molecule has 174 valence electrons. The highest BCUT2D eigenvalue weighted by atomic mass is 19.1. The van der Waals surface area contributed by atoms with Gasteiger partial charge in [0, 0.05) is 54.8 Å². The molecule has 0 N–H and O–H groups in total. The van der Waals surface area contributed by atoms with Crippen molar-refractivity contribution in [1.29, 1.82) is 0 Å². The second-order valence-corrected chi connectivity index (χ2v) is 9.13. The molecule has 2 aliphatic heterocycles. The van der Waals surface area contributed by atoms with Gasteiger partial charge < -0.3 is 9.47 Å². The smallest absolute Gasteiger partial charge is 0.262 e. The molecule has 3 aromatic rings. The van der Waals surface area contributed by atoms with Crippen LogP contribution in [0.3, 0.4) is 0 Å². The van der Waals surface area contributed by atoms with Crippen LogP contribution in [0.1, 0.15) is 48.6 Å². The Labute approximate surface area is 190 Å². The Bertz CT molecular complexity index is 1250. The number of hydrogen-bond acceptors (Lipinski definition) is 5. The van der Waals surface area contributed by atoms with E-state index in [0.29, 0.717) is 29.4 Å². The molecule has 1 unspecified atom stereocenters. The first-order valence-corrected chi connectivity index (χ1v) is 11.5. The van der Waals surface area contributed by atoms with Crippen molar-refractivity contribution in [3.63, 3.8) is 0 Å². The first-order chi connectivity index (χ1) is 15.9. The van der Waals surface area contributed by atoms with Gasteiger partial charge in [-0.25, -0.2) is 23.1 Å². The molecule has 0 amide bonds. The zero-order chi connectivity index (χ0) is 23.1. The summed E-state index contributed by atoms with van der Waals surface area (Å²) in [4.78, 5) is 22.5. The molecule has 2 aromatic heterocycles. The van der Waals surface area contributed by atoms with E-state index >= 15 is 0 Å². The summed E-state index contributed by atoms with van der Waals surface area (Å²) < 4.78 is 41.2. The quantitative estimate of drug-likeness (QED) is 0.586. The minimum Gasteiger partial charge on any atom is -0.381 e. The van der Waals surface area contributed by atoms with E-state index in [1.807, 2.05) is 6.07 Å². The maximum absolute atomic E-state index is 14.8. The fourth-order valence-electron chi connectivity index (χ4n) is 4.89. The second-order valence-electron chi connectivity index (χ2n) is 9.13. The third-order valence-corrected chi connectivity index (χ3v) is 6.88. The number of nitrogens with zero attached hydrogens (tertiary/aromatic N) is 3. The number of halogens is 2. The number of benzene rings is 1. The van der Waals surface area contributed by atoms with Gasteiger partial charge in [0.05, 0.1) is 11.7 Å². The fraction of sp³-hybridized carbons (Fsp3) is 0.480. The number of aromatic nitrogens is 3. The van der Waals surface area contributed by atoms with Crippen LogP contribution in [-0.4, -0.2) is 40.3 Å². The molecule has 4 heterocycles. The van der Waals surface area contributed by atoms with Gasteiger partial charge in [0.25, 0.3) is 5.56 Å². The average Bonchev–Trinajstić information content (AvgIpc) is 3.30. The van der Waals surface area contributed by atoms with Crippen LogP contribution in [0, 0.1) is 31.4 Å². The molecule has 0 spiro atoms. The molecule has 1 aromatic carbocycles. The number of rotatable bonds is 4. The molecule has 2 fully saturated rings. The number of ether oxygens (including phenoxy) is 2. The SMILES string of the molecule is Cc1nc2cc([C@@H]3CCOC(C[C@H]4CCOC4)C3)nc(-c3ccc(F)cc3F)n2c(=O)c1C. The molecule has 5 rings (SSSR count). The molecule has 8 heteroatoms. The third kappa shape index (κ3) is 4.29. The lowest BCUT2D eigenvalue weighted by molar-refractivity contribution is -0.00859. The van der Waals surface area contributed by atoms with E-state index in [9.17, 15) is 13.6 Å². The van der Waals surface area contributed by atoms with Crippen molar-refractivity contribution in [2.75, 3.05) is 19.8 Å². The molecule has 33 heavy (non-hydrogen) atoms. The molecule has 0 radical (unpaired) electrons. The van der Waals surface area contributed by atoms with Crippen LogP contribution in [0.25, 0.3) is 17.0 Å². The minimum atomic E-state index is -0.767. The molecule has 3 atom stereocenters. The maximum atomic E-state index is 14.8. The van der Waals surface area contributed by atoms with E-state index in [1.165, 1.54) is 16.5 Å². The monoisotopic (exact) mass is 455 g/mol. The van der Waals surface area contributed by atoms with Gasteiger partial charge in [-0.2, -0.15) is 0 Å². The summed E-state index contributed by atoms with van der Waals surface area (Å²) in [6, 6.07) is 5.13. The maximum Gasteiger partial charge on any atom is 0.262 e. The Kier molecular flexibility index (Phi) is 5.97. The van der Waals surface area contributed by atoms with E-state index in [0.717, 1.165) is 50.7 Å². The molecular weight excluding hydrogens is 428 g/mol. The van der Waals surface area contributed by atoms with Crippen molar-refractivity contribution in [3.8, 4) is 11.4 Å². The zero-order valence-corrected chi connectivity index (χ0v) is 18.8. The number of fused-ring (bicyclic) bond motifs is 1. The normalized spacial score (nSPS) is 23.3. The van der Waals surface area contributed by atoms with Gasteiger partial charge in [-0.15, -0.1) is 0 Å². The van der Waals surface area contributed by atoms with Crippen molar-refractivity contribution in [2.45, 2.75) is 51.6 Å². The predicted molar refractivity (Wildman–Crippen MR) is 119 cm³/mol. The predicted octanol–water partition coefficient (Wildman–Crippen LogP) is 4.34. The van der Waals surface area contributed by atoms with Gasteiger partial charge in [0.1, 0.15) is 17.3 Å². The van der Waals surface area contributed by atoms with Crippen LogP contribution in [0.4, 0.5) is 8.78 Å². The van der Waals surface area contributed by atoms with Crippen molar-refractivity contribution in [2.24, 2.45) is 5.92 Å². The van der Waals surface area contributed by atoms with Gasteiger partial charge in [-0.3, -0.25) is 4.79 Å². The number of aryl methyl sites for hydroxylation is 1. The Morgan fingerprint density at radius 3 is 2.73 bits per heavy atom. The van der Waals surface area contributed by atoms with Gasteiger partial charge in [0.15, 0.2) is 5.82 Å². The summed E-state index contributed by atoms with van der Waals surface area (Å²) in [5.41, 5.74) is 2.02. The summed E-state index contributed by atoms with van der Waals surface area (Å²) >= 11 is 0. The van der Waals surface area contributed by atoms with Crippen LogP contribution in [0.2, 0.25) is 0 Å². The molecular formula is C25H27F2N3O3. The summed E-state index contributed by atoms with van der Waals surface area (Å²) in [5.74, 6) is -0.702.